The summed E-state index contributed by atoms with van der Waals surface area (Å²) in [4.78, 5) is 27.9. The van der Waals surface area contributed by atoms with Crippen molar-refractivity contribution in [3.05, 3.63) is 53.5 Å². The molecule has 0 aliphatic carbocycles. The van der Waals surface area contributed by atoms with Gasteiger partial charge in [0.05, 0.1) is 13.2 Å². The zero-order chi connectivity index (χ0) is 19.3. The first-order valence-corrected chi connectivity index (χ1v) is 7.82. The molecular formula is C18H19FN2O5. The molecule has 26 heavy (non-hydrogen) atoms. The van der Waals surface area contributed by atoms with Crippen molar-refractivity contribution >= 4 is 11.9 Å². The van der Waals surface area contributed by atoms with Crippen molar-refractivity contribution in [1.29, 1.82) is 0 Å². The fraction of sp³-hybridized carbons (Fsp3) is 0.278. The molecule has 1 unspecified atom stereocenters. The van der Waals surface area contributed by atoms with Crippen molar-refractivity contribution in [3.63, 3.8) is 0 Å². The Kier molecular flexibility index (Phi) is 6.11. The van der Waals surface area contributed by atoms with Gasteiger partial charge in [0.1, 0.15) is 5.69 Å². The molecule has 1 heterocycles. The Bertz CT molecular complexity index is 810. The van der Waals surface area contributed by atoms with Gasteiger partial charge in [-0.15, -0.1) is 0 Å². The van der Waals surface area contributed by atoms with Crippen LogP contribution in [0.5, 0.6) is 11.6 Å². The zero-order valence-corrected chi connectivity index (χ0v) is 14.5. The van der Waals surface area contributed by atoms with Gasteiger partial charge in [0.15, 0.2) is 17.6 Å². The van der Waals surface area contributed by atoms with Gasteiger partial charge in [0.2, 0.25) is 5.88 Å². The fourth-order valence-electron chi connectivity index (χ4n) is 2.20. The number of halogens is 1. The van der Waals surface area contributed by atoms with E-state index in [4.69, 9.17) is 9.47 Å². The van der Waals surface area contributed by atoms with Crippen LogP contribution in [0.1, 0.15) is 35.9 Å². The van der Waals surface area contributed by atoms with E-state index in [9.17, 15) is 19.1 Å². The third kappa shape index (κ3) is 4.69. The molecule has 1 aromatic carbocycles. The number of pyridine rings is 1. The van der Waals surface area contributed by atoms with Gasteiger partial charge in [-0.05, 0) is 37.6 Å². The van der Waals surface area contributed by atoms with E-state index in [1.54, 1.807) is 12.1 Å². The Morgan fingerprint density at radius 2 is 1.96 bits per heavy atom. The van der Waals surface area contributed by atoms with Crippen molar-refractivity contribution < 1.29 is 28.6 Å². The van der Waals surface area contributed by atoms with E-state index in [-0.39, 0.29) is 29.0 Å². The number of ether oxygens (including phenoxy) is 2. The second-order valence-corrected chi connectivity index (χ2v) is 5.67. The van der Waals surface area contributed by atoms with Crippen molar-refractivity contribution in [1.82, 2.24) is 10.3 Å². The summed E-state index contributed by atoms with van der Waals surface area (Å²) in [6.45, 7) is 3.63. The van der Waals surface area contributed by atoms with Gasteiger partial charge in [-0.2, -0.15) is 0 Å². The van der Waals surface area contributed by atoms with Crippen LogP contribution in [-0.2, 0) is 4.79 Å². The summed E-state index contributed by atoms with van der Waals surface area (Å²) in [6, 6.07) is 6.81. The van der Waals surface area contributed by atoms with Gasteiger partial charge >= 0.3 is 5.97 Å². The molecule has 0 spiro atoms. The van der Waals surface area contributed by atoms with Crippen LogP contribution in [0.4, 0.5) is 4.39 Å². The number of carbonyl (C=O) groups is 2. The quantitative estimate of drug-likeness (QED) is 0.786. The van der Waals surface area contributed by atoms with Crippen LogP contribution in [0, 0.1) is 5.82 Å². The first kappa shape index (κ1) is 19.2. The number of aliphatic carboxylic acids is 1. The molecule has 0 radical (unpaired) electrons. The second kappa shape index (κ2) is 8.28. The number of carboxylic acid groups (broad SMARTS) is 1. The van der Waals surface area contributed by atoms with Gasteiger partial charge in [0.25, 0.3) is 5.91 Å². The number of carboxylic acids is 1. The number of nitrogens with zero attached hydrogens (tertiary/aromatic N) is 1. The lowest BCUT2D eigenvalue weighted by Gasteiger charge is -2.16. The van der Waals surface area contributed by atoms with Crippen LogP contribution in [0.2, 0.25) is 0 Å². The number of carbonyl (C=O) groups excluding carboxylic acids is 1. The number of methoxy groups -OCH3 is 1. The Morgan fingerprint density at radius 3 is 2.54 bits per heavy atom. The van der Waals surface area contributed by atoms with E-state index in [2.05, 4.69) is 10.3 Å². The topological polar surface area (TPSA) is 97.8 Å². The van der Waals surface area contributed by atoms with Gasteiger partial charge in [0, 0.05) is 6.07 Å². The molecular weight excluding hydrogens is 343 g/mol. The highest BCUT2D eigenvalue weighted by Crippen LogP contribution is 2.22. The smallest absolute Gasteiger partial charge is 0.330 e. The molecule has 1 aromatic heterocycles. The summed E-state index contributed by atoms with van der Waals surface area (Å²) >= 11 is 0. The summed E-state index contributed by atoms with van der Waals surface area (Å²) in [5.74, 6) is -2.56. The molecule has 0 bridgehead atoms. The summed E-state index contributed by atoms with van der Waals surface area (Å²) in [7, 11) is 1.30. The Morgan fingerprint density at radius 1 is 1.23 bits per heavy atom. The monoisotopic (exact) mass is 362 g/mol. The highest BCUT2D eigenvalue weighted by atomic mass is 19.1. The lowest BCUT2D eigenvalue weighted by Crippen LogP contribution is -2.34. The maximum Gasteiger partial charge on any atom is 0.330 e. The average molecular weight is 362 g/mol. The lowest BCUT2D eigenvalue weighted by atomic mass is 10.1. The van der Waals surface area contributed by atoms with Crippen LogP contribution in [0.3, 0.4) is 0 Å². The molecule has 0 aliphatic heterocycles. The molecule has 2 rings (SSSR count). The zero-order valence-electron chi connectivity index (χ0n) is 14.5. The predicted octanol–water partition coefficient (Wildman–Crippen LogP) is 2.57. The van der Waals surface area contributed by atoms with Crippen LogP contribution >= 0.6 is 0 Å². The van der Waals surface area contributed by atoms with Crippen molar-refractivity contribution in [2.75, 3.05) is 7.11 Å². The highest BCUT2D eigenvalue weighted by Gasteiger charge is 2.24. The highest BCUT2D eigenvalue weighted by molar-refractivity contribution is 5.95. The summed E-state index contributed by atoms with van der Waals surface area (Å²) in [5.41, 5.74) is 0.0575. The molecule has 1 atom stereocenters. The molecule has 7 nitrogen and oxygen atoms in total. The summed E-state index contributed by atoms with van der Waals surface area (Å²) in [5, 5.41) is 11.7. The minimum Gasteiger partial charge on any atom is -0.494 e. The molecule has 2 aromatic rings. The first-order chi connectivity index (χ1) is 12.3. The van der Waals surface area contributed by atoms with Gasteiger partial charge in [-0.25, -0.2) is 14.2 Å². The van der Waals surface area contributed by atoms with E-state index in [0.717, 1.165) is 6.07 Å². The molecule has 138 valence electrons. The minimum absolute atomic E-state index is 0.0108. The Labute approximate surface area is 149 Å². The van der Waals surface area contributed by atoms with Crippen LogP contribution < -0.4 is 14.8 Å². The lowest BCUT2D eigenvalue weighted by molar-refractivity contribution is -0.139. The summed E-state index contributed by atoms with van der Waals surface area (Å²) in [6.07, 6.45) is -0.130. The van der Waals surface area contributed by atoms with Crippen LogP contribution in [0.25, 0.3) is 0 Å². The van der Waals surface area contributed by atoms with Gasteiger partial charge in [-0.1, -0.05) is 12.1 Å². The normalized spacial score (nSPS) is 11.7. The molecule has 0 saturated carbocycles. The standard InChI is InChI=1S/C18H19FN2O5/c1-10(2)26-15-6-4-5-13(20-15)17(22)21-16(18(23)24)11-7-8-14(25-3)12(19)9-11/h4-10,16H,1-3H3,(H,21,22)(H,23,24). The first-order valence-electron chi connectivity index (χ1n) is 7.82. The molecule has 1 amide bonds. The SMILES string of the molecule is COc1ccc(C(NC(=O)c2cccc(OC(C)C)n2)C(=O)O)cc1F. The molecule has 0 aliphatic rings. The van der Waals surface area contributed by atoms with E-state index < -0.39 is 23.7 Å². The van der Waals surface area contributed by atoms with Crippen LogP contribution in [-0.4, -0.2) is 35.2 Å². The van der Waals surface area contributed by atoms with E-state index in [1.807, 2.05) is 13.8 Å². The predicted molar refractivity (Wildman–Crippen MR) is 90.8 cm³/mol. The largest absolute Gasteiger partial charge is 0.494 e. The number of hydrogen-bond donors (Lipinski definition) is 2. The van der Waals surface area contributed by atoms with Gasteiger partial charge in [-0.3, -0.25) is 4.79 Å². The number of nitrogens with one attached hydrogen (secondary N) is 1. The molecule has 0 fully saturated rings. The van der Waals surface area contributed by atoms with Crippen molar-refractivity contribution in [2.45, 2.75) is 26.0 Å². The Balaban J connectivity index is 2.23. The van der Waals surface area contributed by atoms with Crippen molar-refractivity contribution in [3.8, 4) is 11.6 Å². The summed E-state index contributed by atoms with van der Waals surface area (Å²) < 4.78 is 24.1. The maximum absolute atomic E-state index is 13.8. The average Bonchev–Trinajstić information content (AvgIpc) is 2.58. The molecule has 2 N–H and O–H groups in total. The molecule has 0 saturated heterocycles. The van der Waals surface area contributed by atoms with E-state index in [0.29, 0.717) is 0 Å². The van der Waals surface area contributed by atoms with Crippen molar-refractivity contribution in [2.24, 2.45) is 0 Å². The maximum atomic E-state index is 13.8. The number of rotatable bonds is 7. The Hall–Kier alpha value is -3.16. The number of aromatic nitrogens is 1. The van der Waals surface area contributed by atoms with E-state index >= 15 is 0 Å². The van der Waals surface area contributed by atoms with Gasteiger partial charge < -0.3 is 19.9 Å². The number of hydrogen-bond acceptors (Lipinski definition) is 5. The second-order valence-electron chi connectivity index (χ2n) is 5.67. The number of amides is 1. The van der Waals surface area contributed by atoms with E-state index in [1.165, 1.54) is 25.3 Å². The molecule has 8 heteroatoms. The number of benzene rings is 1. The third-order valence-corrected chi connectivity index (χ3v) is 3.34. The third-order valence-electron chi connectivity index (χ3n) is 3.34. The fourth-order valence-corrected chi connectivity index (χ4v) is 2.20. The van der Waals surface area contributed by atoms with Crippen LogP contribution in [0.15, 0.2) is 36.4 Å². The minimum atomic E-state index is -1.45.